The minimum atomic E-state index is 0.264. The van der Waals surface area contributed by atoms with Gasteiger partial charge in [-0.2, -0.15) is 0 Å². The van der Waals surface area contributed by atoms with E-state index in [1.54, 1.807) is 6.07 Å². The van der Waals surface area contributed by atoms with Gasteiger partial charge in [0.1, 0.15) is 11.6 Å². The molecule has 0 aliphatic carbocycles. The maximum Gasteiger partial charge on any atom is 0.145 e. The minimum absolute atomic E-state index is 0.264. The van der Waals surface area contributed by atoms with Crippen LogP contribution in [0.2, 0.25) is 0 Å². The number of benzene rings is 2. The highest BCUT2D eigenvalue weighted by molar-refractivity contribution is 5.82. The molecule has 0 unspecified atom stereocenters. The largest absolute Gasteiger partial charge is 0.507 e. The lowest BCUT2D eigenvalue weighted by atomic mass is 10.2. The fraction of sp³-hybridized carbons (Fsp3) is 0.188. The number of hydrogen-bond donors (Lipinski definition) is 1. The number of imidazole rings is 1. The van der Waals surface area contributed by atoms with Gasteiger partial charge in [-0.3, -0.25) is 0 Å². The van der Waals surface area contributed by atoms with Crippen LogP contribution in [-0.4, -0.2) is 14.7 Å². The predicted molar refractivity (Wildman–Crippen MR) is 77.2 cm³/mol. The number of phenols is 1. The maximum absolute atomic E-state index is 10.0. The molecule has 0 fully saturated rings. The summed E-state index contributed by atoms with van der Waals surface area (Å²) in [5.41, 5.74) is 2.82. The van der Waals surface area contributed by atoms with E-state index >= 15 is 0 Å². The minimum Gasteiger partial charge on any atom is -0.507 e. The van der Waals surface area contributed by atoms with Gasteiger partial charge in [0.15, 0.2) is 0 Å². The average Bonchev–Trinajstić information content (AvgIpc) is 2.78. The molecule has 0 saturated carbocycles. The molecule has 3 aromatic rings. The van der Waals surface area contributed by atoms with Gasteiger partial charge in [-0.15, -0.1) is 0 Å². The summed E-state index contributed by atoms with van der Waals surface area (Å²) >= 11 is 0. The Morgan fingerprint density at radius 1 is 1.00 bits per heavy atom. The first-order valence-electron chi connectivity index (χ1n) is 6.44. The summed E-state index contributed by atoms with van der Waals surface area (Å²) in [7, 11) is 0. The quantitative estimate of drug-likeness (QED) is 0.748. The van der Waals surface area contributed by atoms with Crippen LogP contribution in [0.1, 0.15) is 19.9 Å². The summed E-state index contributed by atoms with van der Waals surface area (Å²) in [5.74, 6) is 1.08. The lowest BCUT2D eigenvalue weighted by Gasteiger charge is -2.13. The predicted octanol–water partition coefficient (Wildman–Crippen LogP) is 3.99. The molecule has 0 spiro atoms. The Labute approximate surface area is 112 Å². The van der Waals surface area contributed by atoms with Crippen molar-refractivity contribution in [3.8, 4) is 17.1 Å². The number of aromatic nitrogens is 2. The van der Waals surface area contributed by atoms with Gasteiger partial charge in [-0.1, -0.05) is 24.3 Å². The molecule has 0 amide bonds. The van der Waals surface area contributed by atoms with E-state index in [1.165, 1.54) is 0 Å². The van der Waals surface area contributed by atoms with Crippen LogP contribution < -0.4 is 0 Å². The summed E-state index contributed by atoms with van der Waals surface area (Å²) in [5, 5.41) is 10.0. The fourth-order valence-electron chi connectivity index (χ4n) is 2.42. The highest BCUT2D eigenvalue weighted by atomic mass is 16.3. The summed E-state index contributed by atoms with van der Waals surface area (Å²) in [6, 6.07) is 15.7. The molecule has 0 aliphatic rings. The number of aromatic hydroxyl groups is 1. The van der Waals surface area contributed by atoms with E-state index in [0.29, 0.717) is 0 Å². The number of fused-ring (bicyclic) bond motifs is 1. The first-order chi connectivity index (χ1) is 9.18. The van der Waals surface area contributed by atoms with Gasteiger partial charge in [0.05, 0.1) is 16.6 Å². The standard InChI is InChI=1S/C16H16N2O/c1-11(2)18-14-9-5-4-8-13(14)17-16(18)12-7-3-6-10-15(12)19/h3-11,19H,1-2H3. The highest BCUT2D eigenvalue weighted by Crippen LogP contribution is 2.32. The van der Waals surface area contributed by atoms with Gasteiger partial charge in [0.2, 0.25) is 0 Å². The summed E-state index contributed by atoms with van der Waals surface area (Å²) < 4.78 is 2.16. The van der Waals surface area contributed by atoms with Crippen molar-refractivity contribution >= 4 is 11.0 Å². The molecular formula is C16H16N2O. The van der Waals surface area contributed by atoms with Crippen molar-refractivity contribution in [1.29, 1.82) is 0 Å². The van der Waals surface area contributed by atoms with Gasteiger partial charge in [0.25, 0.3) is 0 Å². The monoisotopic (exact) mass is 252 g/mol. The zero-order valence-corrected chi connectivity index (χ0v) is 11.0. The molecule has 3 rings (SSSR count). The number of hydrogen-bond acceptors (Lipinski definition) is 2. The van der Waals surface area contributed by atoms with Crippen LogP contribution in [0, 0.1) is 0 Å². The van der Waals surface area contributed by atoms with Crippen molar-refractivity contribution in [2.45, 2.75) is 19.9 Å². The van der Waals surface area contributed by atoms with Gasteiger partial charge >= 0.3 is 0 Å². The van der Waals surface area contributed by atoms with E-state index in [4.69, 9.17) is 0 Å². The zero-order chi connectivity index (χ0) is 13.4. The second-order valence-electron chi connectivity index (χ2n) is 4.91. The average molecular weight is 252 g/mol. The molecule has 3 heteroatoms. The van der Waals surface area contributed by atoms with Crippen LogP contribution >= 0.6 is 0 Å². The third kappa shape index (κ3) is 1.87. The molecule has 0 radical (unpaired) electrons. The Hall–Kier alpha value is -2.29. The first kappa shape index (κ1) is 11.8. The lowest BCUT2D eigenvalue weighted by Crippen LogP contribution is -2.03. The number of phenolic OH excluding ortho intramolecular Hbond substituents is 1. The number of para-hydroxylation sites is 3. The molecule has 1 N–H and O–H groups in total. The molecule has 96 valence electrons. The third-order valence-corrected chi connectivity index (χ3v) is 3.26. The van der Waals surface area contributed by atoms with Crippen LogP contribution in [0.15, 0.2) is 48.5 Å². The molecule has 0 aliphatic heterocycles. The highest BCUT2D eigenvalue weighted by Gasteiger charge is 2.16. The number of nitrogens with zero attached hydrogens (tertiary/aromatic N) is 2. The Morgan fingerprint density at radius 2 is 1.68 bits per heavy atom. The van der Waals surface area contributed by atoms with E-state index in [9.17, 15) is 5.11 Å². The van der Waals surface area contributed by atoms with Crippen molar-refractivity contribution in [1.82, 2.24) is 9.55 Å². The third-order valence-electron chi connectivity index (χ3n) is 3.26. The summed E-state index contributed by atoms with van der Waals surface area (Å²) in [4.78, 5) is 4.67. The van der Waals surface area contributed by atoms with Crippen molar-refractivity contribution < 1.29 is 5.11 Å². The lowest BCUT2D eigenvalue weighted by molar-refractivity contribution is 0.476. The van der Waals surface area contributed by atoms with Crippen LogP contribution in [0.5, 0.6) is 5.75 Å². The molecule has 0 saturated heterocycles. The van der Waals surface area contributed by atoms with Crippen LogP contribution in [0.3, 0.4) is 0 Å². The number of rotatable bonds is 2. The van der Waals surface area contributed by atoms with E-state index in [1.807, 2.05) is 36.4 Å². The first-order valence-corrected chi connectivity index (χ1v) is 6.44. The Morgan fingerprint density at radius 3 is 2.42 bits per heavy atom. The second kappa shape index (κ2) is 4.43. The Balaban J connectivity index is 2.35. The van der Waals surface area contributed by atoms with Gasteiger partial charge in [-0.25, -0.2) is 4.98 Å². The van der Waals surface area contributed by atoms with Gasteiger partial charge in [0, 0.05) is 6.04 Å². The molecular weight excluding hydrogens is 236 g/mol. The Bertz CT molecular complexity index is 728. The maximum atomic E-state index is 10.0. The topological polar surface area (TPSA) is 38.0 Å². The van der Waals surface area contributed by atoms with Crippen LogP contribution in [0.4, 0.5) is 0 Å². The molecule has 0 atom stereocenters. The van der Waals surface area contributed by atoms with Crippen molar-refractivity contribution in [3.63, 3.8) is 0 Å². The van der Waals surface area contributed by atoms with Crippen LogP contribution in [-0.2, 0) is 0 Å². The van der Waals surface area contributed by atoms with Gasteiger partial charge < -0.3 is 9.67 Å². The summed E-state index contributed by atoms with van der Waals surface area (Å²) in [6.07, 6.45) is 0. The van der Waals surface area contributed by atoms with Crippen molar-refractivity contribution in [3.05, 3.63) is 48.5 Å². The van der Waals surface area contributed by atoms with E-state index in [0.717, 1.165) is 22.4 Å². The second-order valence-corrected chi connectivity index (χ2v) is 4.91. The molecule has 0 bridgehead atoms. The smallest absolute Gasteiger partial charge is 0.145 e. The van der Waals surface area contributed by atoms with Crippen LogP contribution in [0.25, 0.3) is 22.4 Å². The summed E-state index contributed by atoms with van der Waals surface area (Å²) in [6.45, 7) is 4.25. The van der Waals surface area contributed by atoms with Crippen molar-refractivity contribution in [2.75, 3.05) is 0 Å². The molecule has 3 nitrogen and oxygen atoms in total. The van der Waals surface area contributed by atoms with Gasteiger partial charge in [-0.05, 0) is 38.1 Å². The normalized spacial score (nSPS) is 11.3. The zero-order valence-electron chi connectivity index (χ0n) is 11.0. The molecule has 19 heavy (non-hydrogen) atoms. The Kier molecular flexibility index (Phi) is 2.75. The van der Waals surface area contributed by atoms with E-state index < -0.39 is 0 Å². The van der Waals surface area contributed by atoms with Crippen molar-refractivity contribution in [2.24, 2.45) is 0 Å². The molecule has 1 aromatic heterocycles. The SMILES string of the molecule is CC(C)n1c(-c2ccccc2O)nc2ccccc21. The fourth-order valence-corrected chi connectivity index (χ4v) is 2.42. The molecule has 1 heterocycles. The van der Waals surface area contributed by atoms with E-state index in [2.05, 4.69) is 29.5 Å². The molecule has 2 aromatic carbocycles. The van der Waals surface area contributed by atoms with E-state index in [-0.39, 0.29) is 11.8 Å².